The van der Waals surface area contributed by atoms with E-state index < -0.39 is 6.09 Å². The molecule has 0 unspecified atom stereocenters. The van der Waals surface area contributed by atoms with Crippen molar-refractivity contribution in [2.45, 2.75) is 62.9 Å². The standard InChI is InChI=1S/C29H34N4O3S/c1-33(28(35)36)24-9-3-19(4-10-24)15-26(34)32-23-16-25(21-11-14-37-18-21)27(31-17-23)20-5-7-22(8-6-20)29(30)12-2-13-29/h5-8,11,14,16-19,24H,2-4,9-10,12-13,15,30H2,1H3,(H,32,34)(H,35,36). The van der Waals surface area contributed by atoms with Crippen LogP contribution in [0.2, 0.25) is 0 Å². The van der Waals surface area contributed by atoms with Crippen LogP contribution in [0, 0.1) is 5.92 Å². The van der Waals surface area contributed by atoms with E-state index in [4.69, 9.17) is 10.7 Å². The lowest BCUT2D eigenvalue weighted by Crippen LogP contribution is -2.43. The van der Waals surface area contributed by atoms with Crippen molar-refractivity contribution in [1.82, 2.24) is 9.88 Å². The van der Waals surface area contributed by atoms with Gasteiger partial charge in [-0.1, -0.05) is 24.3 Å². The number of carbonyl (C=O) groups is 2. The molecule has 2 amide bonds. The first-order valence-corrected chi connectivity index (χ1v) is 13.9. The highest BCUT2D eigenvalue weighted by atomic mass is 32.1. The van der Waals surface area contributed by atoms with Gasteiger partial charge in [-0.15, -0.1) is 0 Å². The number of thiophene rings is 1. The van der Waals surface area contributed by atoms with Gasteiger partial charge in [0.15, 0.2) is 0 Å². The van der Waals surface area contributed by atoms with Crippen LogP contribution in [0.25, 0.3) is 22.4 Å². The second kappa shape index (κ2) is 10.6. The molecule has 2 aliphatic rings. The summed E-state index contributed by atoms with van der Waals surface area (Å²) >= 11 is 1.63. The third-order valence-corrected chi connectivity index (χ3v) is 8.81. The van der Waals surface area contributed by atoms with E-state index >= 15 is 0 Å². The Morgan fingerprint density at radius 2 is 1.86 bits per heavy atom. The molecule has 0 saturated heterocycles. The number of amides is 2. The summed E-state index contributed by atoms with van der Waals surface area (Å²) in [4.78, 5) is 30.2. The maximum absolute atomic E-state index is 12.9. The summed E-state index contributed by atoms with van der Waals surface area (Å²) in [5.41, 5.74) is 12.1. The molecule has 2 heterocycles. The van der Waals surface area contributed by atoms with Crippen LogP contribution >= 0.6 is 11.3 Å². The number of hydrogen-bond acceptors (Lipinski definition) is 5. The van der Waals surface area contributed by atoms with Crippen LogP contribution in [0.5, 0.6) is 0 Å². The van der Waals surface area contributed by atoms with Crippen molar-refractivity contribution in [3.63, 3.8) is 0 Å². The van der Waals surface area contributed by atoms with Crippen molar-refractivity contribution in [3.05, 3.63) is 58.9 Å². The van der Waals surface area contributed by atoms with Gasteiger partial charge in [-0.05, 0) is 84.9 Å². The quantitative estimate of drug-likeness (QED) is 0.339. The highest BCUT2D eigenvalue weighted by Gasteiger charge is 2.34. The Hall–Kier alpha value is -3.23. The molecule has 7 nitrogen and oxygen atoms in total. The van der Waals surface area contributed by atoms with Crippen LogP contribution < -0.4 is 11.1 Å². The van der Waals surface area contributed by atoms with E-state index in [1.165, 1.54) is 16.9 Å². The Bertz CT molecular complexity index is 1250. The largest absolute Gasteiger partial charge is 0.465 e. The van der Waals surface area contributed by atoms with Crippen molar-refractivity contribution in [2.24, 2.45) is 11.7 Å². The lowest BCUT2D eigenvalue weighted by atomic mass is 9.72. The van der Waals surface area contributed by atoms with Gasteiger partial charge in [0, 0.05) is 36.2 Å². The fraction of sp³-hybridized carbons (Fsp3) is 0.414. The predicted molar refractivity (Wildman–Crippen MR) is 147 cm³/mol. The van der Waals surface area contributed by atoms with Crippen LogP contribution in [0.1, 0.15) is 56.9 Å². The zero-order valence-electron chi connectivity index (χ0n) is 21.2. The maximum atomic E-state index is 12.9. The van der Waals surface area contributed by atoms with E-state index in [9.17, 15) is 14.7 Å². The molecule has 37 heavy (non-hydrogen) atoms. The second-order valence-electron chi connectivity index (χ2n) is 10.5. The lowest BCUT2D eigenvalue weighted by molar-refractivity contribution is -0.117. The average Bonchev–Trinajstić information content (AvgIpc) is 3.42. The van der Waals surface area contributed by atoms with E-state index in [0.29, 0.717) is 12.1 Å². The number of nitrogens with two attached hydrogens (primary N) is 1. The van der Waals surface area contributed by atoms with Crippen LogP contribution in [-0.4, -0.2) is 40.1 Å². The summed E-state index contributed by atoms with van der Waals surface area (Å²) in [6, 6.07) is 12.5. The Morgan fingerprint density at radius 3 is 2.46 bits per heavy atom. The van der Waals surface area contributed by atoms with Crippen molar-refractivity contribution < 1.29 is 14.7 Å². The predicted octanol–water partition coefficient (Wildman–Crippen LogP) is 6.31. The molecule has 8 heteroatoms. The van der Waals surface area contributed by atoms with Gasteiger partial charge in [-0.2, -0.15) is 11.3 Å². The molecule has 194 valence electrons. The lowest BCUT2D eigenvalue weighted by Gasteiger charge is -2.38. The average molecular weight is 519 g/mol. The summed E-state index contributed by atoms with van der Waals surface area (Å²) in [6.07, 6.45) is 7.80. The van der Waals surface area contributed by atoms with Gasteiger partial charge in [0.05, 0.1) is 17.6 Å². The zero-order chi connectivity index (χ0) is 26.0. The number of rotatable bonds is 7. The Kier molecular flexibility index (Phi) is 7.31. The molecular weight excluding hydrogens is 484 g/mol. The van der Waals surface area contributed by atoms with Gasteiger partial charge < -0.3 is 21.1 Å². The molecular formula is C29H34N4O3S. The monoisotopic (exact) mass is 518 g/mol. The zero-order valence-corrected chi connectivity index (χ0v) is 22.0. The minimum atomic E-state index is -0.892. The highest BCUT2D eigenvalue weighted by molar-refractivity contribution is 7.08. The van der Waals surface area contributed by atoms with E-state index in [0.717, 1.165) is 60.9 Å². The summed E-state index contributed by atoms with van der Waals surface area (Å²) in [5, 5.41) is 16.4. The van der Waals surface area contributed by atoms with Gasteiger partial charge in [-0.3, -0.25) is 9.78 Å². The van der Waals surface area contributed by atoms with Crippen LogP contribution in [-0.2, 0) is 10.3 Å². The molecule has 2 saturated carbocycles. The first-order chi connectivity index (χ1) is 17.8. The number of aromatic nitrogens is 1. The van der Waals surface area contributed by atoms with Gasteiger partial charge in [0.2, 0.25) is 5.91 Å². The Labute approximate surface area is 221 Å². The normalized spacial score (nSPS) is 20.6. The fourth-order valence-electron chi connectivity index (χ4n) is 5.57. The molecule has 0 aliphatic heterocycles. The van der Waals surface area contributed by atoms with Gasteiger partial charge in [-0.25, -0.2) is 4.79 Å². The van der Waals surface area contributed by atoms with Gasteiger partial charge in [0.25, 0.3) is 0 Å². The fourth-order valence-corrected chi connectivity index (χ4v) is 6.23. The first-order valence-electron chi connectivity index (χ1n) is 13.0. The number of carbonyl (C=O) groups excluding carboxylic acids is 1. The van der Waals surface area contributed by atoms with E-state index in [1.807, 2.05) is 11.4 Å². The number of benzene rings is 1. The maximum Gasteiger partial charge on any atom is 0.407 e. The topological polar surface area (TPSA) is 109 Å². The molecule has 2 fully saturated rings. The smallest absolute Gasteiger partial charge is 0.407 e. The number of pyridine rings is 1. The number of anilines is 1. The van der Waals surface area contributed by atoms with E-state index in [2.05, 4.69) is 41.0 Å². The number of nitrogens with zero attached hydrogens (tertiary/aromatic N) is 2. The molecule has 5 rings (SSSR count). The number of hydrogen-bond donors (Lipinski definition) is 3. The molecule has 0 spiro atoms. The van der Waals surface area contributed by atoms with E-state index in [-0.39, 0.29) is 23.4 Å². The molecule has 2 aliphatic carbocycles. The molecule has 4 N–H and O–H groups in total. The Balaban J connectivity index is 1.28. The molecule has 1 aromatic carbocycles. The molecule has 0 radical (unpaired) electrons. The SMILES string of the molecule is CN(C(=O)O)C1CCC(CC(=O)Nc2cnc(-c3ccc(C4(N)CCC4)cc3)c(-c3ccsc3)c2)CC1. The molecule has 0 atom stereocenters. The van der Waals surface area contributed by atoms with Crippen LogP contribution in [0.15, 0.2) is 53.4 Å². The first kappa shape index (κ1) is 25.4. The Morgan fingerprint density at radius 1 is 1.14 bits per heavy atom. The van der Waals surface area contributed by atoms with Crippen LogP contribution in [0.3, 0.4) is 0 Å². The molecule has 2 aromatic heterocycles. The van der Waals surface area contributed by atoms with Gasteiger partial charge in [0.1, 0.15) is 0 Å². The van der Waals surface area contributed by atoms with Crippen molar-refractivity contribution in [2.75, 3.05) is 12.4 Å². The summed E-state index contributed by atoms with van der Waals surface area (Å²) in [5.74, 6) is 0.237. The van der Waals surface area contributed by atoms with E-state index in [1.54, 1.807) is 24.6 Å². The number of nitrogens with one attached hydrogen (secondary N) is 1. The van der Waals surface area contributed by atoms with Crippen molar-refractivity contribution in [3.8, 4) is 22.4 Å². The van der Waals surface area contributed by atoms with Crippen molar-refractivity contribution in [1.29, 1.82) is 0 Å². The summed E-state index contributed by atoms with van der Waals surface area (Å²) < 4.78 is 0. The molecule has 0 bridgehead atoms. The highest BCUT2D eigenvalue weighted by Crippen LogP contribution is 2.40. The third kappa shape index (κ3) is 5.55. The van der Waals surface area contributed by atoms with Gasteiger partial charge >= 0.3 is 6.09 Å². The van der Waals surface area contributed by atoms with Crippen molar-refractivity contribution >= 4 is 29.0 Å². The summed E-state index contributed by atoms with van der Waals surface area (Å²) in [6.45, 7) is 0. The third-order valence-electron chi connectivity index (χ3n) is 8.12. The summed E-state index contributed by atoms with van der Waals surface area (Å²) in [7, 11) is 1.62. The minimum Gasteiger partial charge on any atom is -0.465 e. The second-order valence-corrected chi connectivity index (χ2v) is 11.3. The number of carboxylic acid groups (broad SMARTS) is 1. The molecule has 3 aromatic rings. The minimum absolute atomic E-state index is 0.0287. The van der Waals surface area contributed by atoms with Crippen LogP contribution in [0.4, 0.5) is 10.5 Å².